The average Bonchev–Trinajstić information content (AvgIpc) is 3.63. The molecular formula is C36H35N5Pt. The van der Waals surface area contributed by atoms with Gasteiger partial charge in [-0.2, -0.15) is 5.69 Å². The molecule has 0 N–H and O–H groups in total. The van der Waals surface area contributed by atoms with Crippen molar-refractivity contribution < 1.29 is 21.1 Å². The van der Waals surface area contributed by atoms with Crippen LogP contribution in [0.3, 0.4) is 0 Å². The van der Waals surface area contributed by atoms with Gasteiger partial charge >= 0.3 is 21.1 Å². The molecule has 5 nitrogen and oxygen atoms in total. The Morgan fingerprint density at radius 2 is 1.45 bits per heavy atom. The minimum Gasteiger partial charge on any atom is -0.659 e. The van der Waals surface area contributed by atoms with Gasteiger partial charge in [-0.25, -0.2) is 0 Å². The molecule has 0 atom stereocenters. The Kier molecular flexibility index (Phi) is 8.89. The maximum Gasteiger partial charge on any atom is 2.00 e. The van der Waals surface area contributed by atoms with E-state index in [1.165, 1.54) is 29.5 Å². The van der Waals surface area contributed by atoms with Gasteiger partial charge in [0.2, 0.25) is 0 Å². The first-order chi connectivity index (χ1) is 19.9. The first-order valence-electron chi connectivity index (χ1n) is 14.4. The second kappa shape index (κ2) is 12.6. The molecule has 4 heterocycles. The molecule has 2 aromatic carbocycles. The predicted molar refractivity (Wildman–Crippen MR) is 167 cm³/mol. The average molecular weight is 733 g/mol. The summed E-state index contributed by atoms with van der Waals surface area (Å²) < 4.78 is 0. The molecular weight excluding hydrogens is 698 g/mol. The van der Waals surface area contributed by atoms with E-state index in [0.29, 0.717) is 0 Å². The third-order valence-electron chi connectivity index (χ3n) is 7.85. The fraction of sp³-hybridized carbons (Fsp3) is 0.250. The van der Waals surface area contributed by atoms with Crippen LogP contribution in [0, 0.1) is 6.92 Å². The molecule has 7 rings (SSSR count). The maximum absolute atomic E-state index is 5.10. The Morgan fingerprint density at radius 1 is 0.762 bits per heavy atom. The van der Waals surface area contributed by atoms with Crippen molar-refractivity contribution in [3.8, 4) is 34.0 Å². The molecule has 0 aliphatic heterocycles. The first-order valence-corrected chi connectivity index (χ1v) is 14.4. The van der Waals surface area contributed by atoms with Gasteiger partial charge in [-0.15, -0.1) is 5.69 Å². The summed E-state index contributed by atoms with van der Waals surface area (Å²) in [6, 6.07) is 26.8. The van der Waals surface area contributed by atoms with E-state index in [0.717, 1.165) is 63.3 Å². The number of aryl methyl sites for hydroxylation is 1. The van der Waals surface area contributed by atoms with Gasteiger partial charge in [-0.1, -0.05) is 99.1 Å². The minimum atomic E-state index is 0. The van der Waals surface area contributed by atoms with Gasteiger partial charge in [0.05, 0.1) is 5.69 Å². The fourth-order valence-corrected chi connectivity index (χ4v) is 5.61. The summed E-state index contributed by atoms with van der Waals surface area (Å²) in [5, 5.41) is 11.2. The van der Waals surface area contributed by atoms with Crippen LogP contribution in [0.4, 0.5) is 0 Å². The number of aromatic nitrogens is 5. The largest absolute Gasteiger partial charge is 2.00 e. The molecule has 0 spiro atoms. The molecule has 42 heavy (non-hydrogen) atoms. The summed E-state index contributed by atoms with van der Waals surface area (Å²) in [6.45, 7) is 8.72. The smallest absolute Gasteiger partial charge is 0.659 e. The summed E-state index contributed by atoms with van der Waals surface area (Å²) in [5.74, 6) is 0. The molecule has 0 radical (unpaired) electrons. The van der Waals surface area contributed by atoms with Crippen molar-refractivity contribution in [3.63, 3.8) is 0 Å². The van der Waals surface area contributed by atoms with Crippen LogP contribution in [-0.2, 0) is 39.3 Å². The number of hydrogen-bond donors (Lipinski definition) is 0. The van der Waals surface area contributed by atoms with Gasteiger partial charge in [-0.3, -0.25) is 9.97 Å². The van der Waals surface area contributed by atoms with Gasteiger partial charge in [0.25, 0.3) is 0 Å². The Labute approximate surface area is 262 Å². The van der Waals surface area contributed by atoms with E-state index < -0.39 is 0 Å². The van der Waals surface area contributed by atoms with Gasteiger partial charge in [0, 0.05) is 29.2 Å². The second-order valence-electron chi connectivity index (χ2n) is 11.8. The van der Waals surface area contributed by atoms with Crippen LogP contribution in [-0.4, -0.2) is 15.1 Å². The summed E-state index contributed by atoms with van der Waals surface area (Å²) >= 11 is 0. The molecule has 0 fully saturated rings. The normalized spacial score (nSPS) is 12.7. The Balaban J connectivity index is 0.000000275. The van der Waals surface area contributed by atoms with Crippen LogP contribution >= 0.6 is 0 Å². The van der Waals surface area contributed by atoms with E-state index in [-0.39, 0.29) is 26.5 Å². The van der Waals surface area contributed by atoms with Crippen molar-refractivity contribution >= 4 is 10.8 Å². The number of hydrogen-bond acceptors (Lipinski definition) is 3. The van der Waals surface area contributed by atoms with Gasteiger partial charge < -0.3 is 15.2 Å². The Morgan fingerprint density at radius 3 is 2.17 bits per heavy atom. The van der Waals surface area contributed by atoms with E-state index in [2.05, 4.69) is 97.5 Å². The Bertz CT molecular complexity index is 1780. The molecule has 0 unspecified atom stereocenters. The van der Waals surface area contributed by atoms with Crippen molar-refractivity contribution in [2.75, 3.05) is 0 Å². The van der Waals surface area contributed by atoms with Crippen molar-refractivity contribution in [1.29, 1.82) is 0 Å². The molecule has 0 saturated carbocycles. The zero-order valence-electron chi connectivity index (χ0n) is 24.5. The molecule has 1 aliphatic carbocycles. The third kappa shape index (κ3) is 6.17. The molecule has 4 aromatic heterocycles. The summed E-state index contributed by atoms with van der Waals surface area (Å²) in [5.41, 5.74) is 11.1. The van der Waals surface area contributed by atoms with Crippen LogP contribution in [0.15, 0.2) is 91.3 Å². The molecule has 6 aromatic rings. The van der Waals surface area contributed by atoms with Gasteiger partial charge in [0.15, 0.2) is 0 Å². The van der Waals surface area contributed by atoms with E-state index in [1.807, 2.05) is 36.7 Å². The van der Waals surface area contributed by atoms with E-state index in [4.69, 9.17) is 9.97 Å². The van der Waals surface area contributed by atoms with Gasteiger partial charge in [0.1, 0.15) is 0 Å². The van der Waals surface area contributed by atoms with Crippen LogP contribution < -0.4 is 10.1 Å². The van der Waals surface area contributed by atoms with Crippen LogP contribution in [0.5, 0.6) is 0 Å². The number of benzene rings is 2. The quantitative estimate of drug-likeness (QED) is 0.184. The van der Waals surface area contributed by atoms with Crippen molar-refractivity contribution in [1.82, 2.24) is 25.1 Å². The van der Waals surface area contributed by atoms with Crippen molar-refractivity contribution in [3.05, 3.63) is 114 Å². The standard InChI is InChI=1S/C27H22N4.C9H13N.Pt/c1-17-20-12-7-8-14-22(20)27(28-17)24-15-19-11-5-6-13-21(19)26(29-24)25-16-23(30-31-25)18-9-3-2-4-10-18;1-9(2,3)8-4-6-10-7-5-8;/h2-6,9-11,13,15-16H,7-8,12,14H2,1H3;4-7H,1-3H3;/q-2;;+2. The number of pyridine rings is 2. The molecule has 0 amide bonds. The molecule has 0 saturated heterocycles. The first kappa shape index (κ1) is 29.7. The number of nitrogens with zero attached hydrogens (tertiary/aromatic N) is 5. The van der Waals surface area contributed by atoms with Crippen LogP contribution in [0.2, 0.25) is 0 Å². The van der Waals surface area contributed by atoms with Crippen molar-refractivity contribution in [2.45, 2.75) is 58.8 Å². The predicted octanol–water partition coefficient (Wildman–Crippen LogP) is 8.11. The van der Waals surface area contributed by atoms with E-state index in [1.54, 1.807) is 0 Å². The third-order valence-corrected chi connectivity index (χ3v) is 7.85. The molecule has 0 bridgehead atoms. The number of fused-ring (bicyclic) bond motifs is 2. The zero-order valence-corrected chi connectivity index (χ0v) is 26.8. The second-order valence-corrected chi connectivity index (χ2v) is 11.8. The molecule has 1 aliphatic rings. The van der Waals surface area contributed by atoms with E-state index >= 15 is 0 Å². The summed E-state index contributed by atoms with van der Waals surface area (Å²) in [4.78, 5) is 14.0. The van der Waals surface area contributed by atoms with Crippen LogP contribution in [0.1, 0.15) is 56.0 Å². The van der Waals surface area contributed by atoms with Crippen molar-refractivity contribution in [2.24, 2.45) is 0 Å². The Hall–Kier alpha value is -3.82. The topological polar surface area (TPSA) is 66.9 Å². The van der Waals surface area contributed by atoms with Gasteiger partial charge in [-0.05, 0) is 71.9 Å². The zero-order chi connectivity index (χ0) is 28.4. The minimum absolute atomic E-state index is 0. The summed E-state index contributed by atoms with van der Waals surface area (Å²) in [7, 11) is 0. The number of rotatable bonds is 3. The molecule has 6 heteroatoms. The van der Waals surface area contributed by atoms with Crippen LogP contribution in [0.25, 0.3) is 44.8 Å². The monoisotopic (exact) mass is 732 g/mol. The van der Waals surface area contributed by atoms with E-state index in [9.17, 15) is 0 Å². The summed E-state index contributed by atoms with van der Waals surface area (Å²) in [6.07, 6.45) is 8.36. The molecule has 214 valence electrons. The SMILES string of the molecule is CC(C)(C)c1ccncc1.Cc1[n-]c(-c2cc3ccccc3c(-c3cc(-c4ccccc4)n[n-]3)n2)c2c1CCCC2.[Pt+2]. The maximum atomic E-state index is 5.10. The fourth-order valence-electron chi connectivity index (χ4n) is 5.61.